The molecule has 0 fully saturated rings. The van der Waals surface area contributed by atoms with Crippen LogP contribution in [0.4, 0.5) is 0 Å². The number of phenolic OH excluding ortho intramolecular Hbond substituents is 1. The summed E-state index contributed by atoms with van der Waals surface area (Å²) in [6.07, 6.45) is 0. The van der Waals surface area contributed by atoms with Gasteiger partial charge in [0.05, 0.1) is 4.88 Å². The van der Waals surface area contributed by atoms with Crippen LogP contribution in [0.15, 0.2) is 42.5 Å². The van der Waals surface area contributed by atoms with E-state index in [-0.39, 0.29) is 0 Å². The molecule has 0 unspecified atom stereocenters. The summed E-state index contributed by atoms with van der Waals surface area (Å²) in [5.41, 5.74) is 5.62. The van der Waals surface area contributed by atoms with E-state index in [4.69, 9.17) is 12.2 Å². The van der Waals surface area contributed by atoms with Crippen molar-refractivity contribution in [3.63, 3.8) is 0 Å². The Morgan fingerprint density at radius 3 is 2.27 bits per heavy atom. The number of hydrogen-bond acceptors (Lipinski definition) is 5. The van der Waals surface area contributed by atoms with Gasteiger partial charge in [-0.1, -0.05) is 76.6 Å². The van der Waals surface area contributed by atoms with Crippen LogP contribution in [-0.4, -0.2) is 23.1 Å². The van der Waals surface area contributed by atoms with Crippen molar-refractivity contribution in [1.29, 1.82) is 0 Å². The van der Waals surface area contributed by atoms with Gasteiger partial charge in [0, 0.05) is 17.7 Å². The molecule has 2 nitrogen and oxygen atoms in total. The van der Waals surface area contributed by atoms with E-state index in [0.717, 1.165) is 45.7 Å². The van der Waals surface area contributed by atoms with Crippen molar-refractivity contribution in [1.82, 2.24) is 4.90 Å². The minimum atomic E-state index is 0.358. The summed E-state index contributed by atoms with van der Waals surface area (Å²) in [5.74, 6) is 0.358. The SMILES string of the molecule is CCN(CC)Cc1cc(-c2ssc(=S)c2-c2ccc(C)cc2)ccc1O. The van der Waals surface area contributed by atoms with Gasteiger partial charge in [-0.05, 0) is 49.3 Å². The number of nitrogens with zero attached hydrogens (tertiary/aromatic N) is 1. The Labute approximate surface area is 167 Å². The van der Waals surface area contributed by atoms with E-state index in [1.54, 1.807) is 26.7 Å². The largest absolute Gasteiger partial charge is 0.508 e. The van der Waals surface area contributed by atoms with Gasteiger partial charge in [-0.25, -0.2) is 0 Å². The lowest BCUT2D eigenvalue weighted by Crippen LogP contribution is -2.22. The minimum Gasteiger partial charge on any atom is -0.508 e. The Morgan fingerprint density at radius 2 is 1.62 bits per heavy atom. The first-order valence-corrected chi connectivity index (χ1v) is 11.3. The summed E-state index contributed by atoms with van der Waals surface area (Å²) in [6.45, 7) is 9.06. The van der Waals surface area contributed by atoms with Crippen LogP contribution in [0.5, 0.6) is 5.75 Å². The average Bonchev–Trinajstić information content (AvgIpc) is 3.03. The molecule has 0 atom stereocenters. The molecule has 0 spiro atoms. The summed E-state index contributed by atoms with van der Waals surface area (Å²) >= 11 is 5.63. The third-order valence-electron chi connectivity index (χ3n) is 4.60. The monoisotopic (exact) mass is 401 g/mol. The number of phenols is 1. The number of hydrogen-bond donors (Lipinski definition) is 1. The van der Waals surface area contributed by atoms with Gasteiger partial charge < -0.3 is 5.11 Å². The van der Waals surface area contributed by atoms with E-state index in [9.17, 15) is 5.11 Å². The van der Waals surface area contributed by atoms with Crippen LogP contribution in [0, 0.1) is 10.7 Å². The lowest BCUT2D eigenvalue weighted by molar-refractivity contribution is 0.291. The molecule has 0 bridgehead atoms. The third kappa shape index (κ3) is 4.07. The Hall–Kier alpha value is -1.53. The molecule has 26 heavy (non-hydrogen) atoms. The lowest BCUT2D eigenvalue weighted by atomic mass is 10.0. The van der Waals surface area contributed by atoms with Crippen LogP contribution in [0.3, 0.4) is 0 Å². The summed E-state index contributed by atoms with van der Waals surface area (Å²) < 4.78 is 0.923. The molecule has 5 heteroatoms. The van der Waals surface area contributed by atoms with Gasteiger partial charge >= 0.3 is 0 Å². The molecule has 2 aromatic carbocycles. The molecular formula is C21H23NOS3. The molecular weight excluding hydrogens is 378 g/mol. The normalized spacial score (nSPS) is 11.2. The van der Waals surface area contributed by atoms with E-state index in [2.05, 4.69) is 56.0 Å². The maximum atomic E-state index is 10.3. The van der Waals surface area contributed by atoms with Crippen molar-refractivity contribution in [2.45, 2.75) is 27.3 Å². The molecule has 136 valence electrons. The van der Waals surface area contributed by atoms with Crippen molar-refractivity contribution in [2.75, 3.05) is 13.1 Å². The molecule has 3 rings (SSSR count). The quantitative estimate of drug-likeness (QED) is 0.366. The standard InChI is InChI=1S/C21H23NOS3/c1-4-22(5-2)13-17-12-16(10-11-18(17)23)20-19(21(24)26-25-20)15-8-6-14(3)7-9-15/h6-12,23H,4-5,13H2,1-3H3. The molecule has 1 N–H and O–H groups in total. The van der Waals surface area contributed by atoms with Gasteiger partial charge in [0.15, 0.2) is 0 Å². The molecule has 0 saturated carbocycles. The van der Waals surface area contributed by atoms with E-state index in [0.29, 0.717) is 5.75 Å². The highest BCUT2D eigenvalue weighted by atomic mass is 32.9. The van der Waals surface area contributed by atoms with Crippen LogP contribution in [-0.2, 0) is 6.54 Å². The van der Waals surface area contributed by atoms with E-state index in [1.807, 2.05) is 6.07 Å². The Bertz CT molecular complexity index is 937. The van der Waals surface area contributed by atoms with E-state index >= 15 is 0 Å². The Balaban J connectivity index is 2.05. The van der Waals surface area contributed by atoms with Gasteiger partial charge in [0.25, 0.3) is 0 Å². The maximum absolute atomic E-state index is 10.3. The predicted molar refractivity (Wildman–Crippen MR) is 117 cm³/mol. The highest BCUT2D eigenvalue weighted by Gasteiger charge is 2.15. The molecule has 1 aromatic heterocycles. The number of rotatable bonds is 6. The van der Waals surface area contributed by atoms with Gasteiger partial charge in [-0.15, -0.1) is 0 Å². The number of aryl methyl sites for hydroxylation is 1. The molecule has 0 amide bonds. The van der Waals surface area contributed by atoms with E-state index in [1.165, 1.54) is 10.4 Å². The van der Waals surface area contributed by atoms with Crippen LogP contribution in [0.25, 0.3) is 21.6 Å². The first-order valence-electron chi connectivity index (χ1n) is 8.78. The molecule has 0 aliphatic rings. The van der Waals surface area contributed by atoms with Gasteiger partial charge in [-0.2, -0.15) is 0 Å². The van der Waals surface area contributed by atoms with Crippen LogP contribution in [0.1, 0.15) is 25.0 Å². The first-order chi connectivity index (χ1) is 12.5. The average molecular weight is 402 g/mol. The second kappa shape index (κ2) is 8.44. The zero-order chi connectivity index (χ0) is 18.7. The Kier molecular flexibility index (Phi) is 6.24. The molecule has 0 radical (unpaired) electrons. The Morgan fingerprint density at radius 1 is 0.962 bits per heavy atom. The van der Waals surface area contributed by atoms with Crippen molar-refractivity contribution in [3.8, 4) is 27.3 Å². The molecule has 0 aliphatic carbocycles. The third-order valence-corrected chi connectivity index (χ3v) is 7.67. The van der Waals surface area contributed by atoms with Crippen LogP contribution >= 0.6 is 32.9 Å². The number of aromatic hydroxyl groups is 1. The highest BCUT2D eigenvalue weighted by Crippen LogP contribution is 2.42. The summed E-state index contributed by atoms with van der Waals surface area (Å²) in [5, 5.41) is 10.3. The maximum Gasteiger partial charge on any atom is 0.120 e. The van der Waals surface area contributed by atoms with Crippen LogP contribution < -0.4 is 0 Å². The van der Waals surface area contributed by atoms with Crippen molar-refractivity contribution >= 4 is 32.9 Å². The first kappa shape index (κ1) is 19.2. The minimum absolute atomic E-state index is 0.358. The zero-order valence-corrected chi connectivity index (χ0v) is 17.7. The molecule has 1 heterocycles. The summed E-state index contributed by atoms with van der Waals surface area (Å²) in [7, 11) is 3.36. The zero-order valence-electron chi connectivity index (χ0n) is 15.3. The fraction of sp³-hybridized carbons (Fsp3) is 0.286. The van der Waals surface area contributed by atoms with Crippen molar-refractivity contribution in [2.24, 2.45) is 0 Å². The van der Waals surface area contributed by atoms with Gasteiger partial charge in [0.2, 0.25) is 0 Å². The molecule has 0 aliphatic heterocycles. The summed E-state index contributed by atoms with van der Waals surface area (Å²) in [6, 6.07) is 14.4. The van der Waals surface area contributed by atoms with Crippen molar-refractivity contribution in [3.05, 3.63) is 57.4 Å². The highest BCUT2D eigenvalue weighted by molar-refractivity contribution is 7.80. The lowest BCUT2D eigenvalue weighted by Gasteiger charge is -2.19. The topological polar surface area (TPSA) is 23.5 Å². The van der Waals surface area contributed by atoms with Gasteiger partial charge in [0.1, 0.15) is 9.57 Å². The summed E-state index contributed by atoms with van der Waals surface area (Å²) in [4.78, 5) is 3.49. The van der Waals surface area contributed by atoms with Crippen LogP contribution in [0.2, 0.25) is 0 Å². The second-order valence-corrected chi connectivity index (χ2v) is 9.15. The molecule has 3 aromatic rings. The predicted octanol–water partition coefficient (Wildman–Crippen LogP) is 6.73. The van der Waals surface area contributed by atoms with E-state index < -0.39 is 0 Å². The van der Waals surface area contributed by atoms with Crippen molar-refractivity contribution < 1.29 is 5.11 Å². The molecule has 0 saturated heterocycles. The van der Waals surface area contributed by atoms with Gasteiger partial charge in [-0.3, -0.25) is 4.90 Å². The fourth-order valence-electron chi connectivity index (χ4n) is 2.96. The smallest absolute Gasteiger partial charge is 0.120 e. The second-order valence-electron chi connectivity index (χ2n) is 6.33. The number of benzene rings is 2. The fourth-order valence-corrected chi connectivity index (χ4v) is 5.87.